The number of piperidine rings is 1. The molecule has 1 atom stereocenters. The molecule has 3 rings (SSSR count). The zero-order valence-corrected chi connectivity index (χ0v) is 14.0. The molecule has 0 aliphatic carbocycles. The third kappa shape index (κ3) is 3.16. The van der Waals surface area contributed by atoms with E-state index in [0.717, 1.165) is 11.0 Å². The van der Waals surface area contributed by atoms with Crippen LogP contribution in [0, 0.1) is 5.82 Å². The van der Waals surface area contributed by atoms with Gasteiger partial charge in [0.25, 0.3) is 11.8 Å². The van der Waals surface area contributed by atoms with E-state index in [0.29, 0.717) is 18.7 Å². The topological polar surface area (TPSA) is 110 Å². The normalized spacial score (nSPS) is 20.1. The minimum Gasteiger partial charge on any atom is -0.330 e. The molecule has 132 valence electrons. The van der Waals surface area contributed by atoms with E-state index in [1.807, 2.05) is 0 Å². The Bertz CT molecular complexity index is 783. The lowest BCUT2D eigenvalue weighted by Gasteiger charge is -2.27. The van der Waals surface area contributed by atoms with Gasteiger partial charge in [0.05, 0.1) is 11.1 Å². The summed E-state index contributed by atoms with van der Waals surface area (Å²) in [7, 11) is 0. The maximum absolute atomic E-state index is 14.2. The van der Waals surface area contributed by atoms with Crippen LogP contribution in [-0.4, -0.2) is 46.9 Å². The second kappa shape index (κ2) is 6.93. The van der Waals surface area contributed by atoms with Crippen molar-refractivity contribution in [3.63, 3.8) is 0 Å². The number of hydrogen-bond donors (Lipinski definition) is 2. The Labute approximate surface area is 147 Å². The predicted octanol–water partition coefficient (Wildman–Crippen LogP) is 0.668. The highest BCUT2D eigenvalue weighted by molar-refractivity contribution is 7.99. The van der Waals surface area contributed by atoms with Crippen LogP contribution in [0.5, 0.6) is 0 Å². The van der Waals surface area contributed by atoms with Crippen molar-refractivity contribution in [2.24, 2.45) is 5.73 Å². The van der Waals surface area contributed by atoms with E-state index in [2.05, 4.69) is 5.32 Å². The first-order valence-electron chi connectivity index (χ1n) is 7.82. The fourth-order valence-electron chi connectivity index (χ4n) is 2.85. The molecule has 9 heteroatoms. The zero-order valence-electron chi connectivity index (χ0n) is 13.2. The van der Waals surface area contributed by atoms with E-state index >= 15 is 0 Å². The van der Waals surface area contributed by atoms with Crippen molar-refractivity contribution in [3.8, 4) is 0 Å². The molecule has 25 heavy (non-hydrogen) atoms. The summed E-state index contributed by atoms with van der Waals surface area (Å²) in [5.41, 5.74) is 5.43. The van der Waals surface area contributed by atoms with Crippen LogP contribution in [-0.2, 0) is 9.59 Å². The minimum atomic E-state index is -1.05. The van der Waals surface area contributed by atoms with Crippen LogP contribution in [0.4, 0.5) is 4.39 Å². The number of thioether (sulfide) groups is 1. The van der Waals surface area contributed by atoms with Crippen LogP contribution in [0.3, 0.4) is 0 Å². The number of amides is 4. The molecule has 2 aliphatic rings. The monoisotopic (exact) mass is 365 g/mol. The van der Waals surface area contributed by atoms with Crippen molar-refractivity contribution >= 4 is 35.4 Å². The standard InChI is InChI=1S/C16H16FN3O4S/c17-10-6-8-9(7-12(10)25-5-1-4-18)16(24)20(15(8)23)11-2-3-13(21)19-14(11)22/h6-7,11H,1-5,18H2,(H,19,21,22). The summed E-state index contributed by atoms with van der Waals surface area (Å²) in [4.78, 5) is 49.4. The van der Waals surface area contributed by atoms with Crippen molar-refractivity contribution in [3.05, 3.63) is 29.1 Å². The predicted molar refractivity (Wildman–Crippen MR) is 87.5 cm³/mol. The fraction of sp³-hybridized carbons (Fsp3) is 0.375. The van der Waals surface area contributed by atoms with Gasteiger partial charge in [-0.15, -0.1) is 11.8 Å². The molecule has 1 aromatic carbocycles. The van der Waals surface area contributed by atoms with Gasteiger partial charge in [0.2, 0.25) is 11.8 Å². The molecule has 4 amide bonds. The third-order valence-corrected chi connectivity index (χ3v) is 5.21. The van der Waals surface area contributed by atoms with E-state index in [9.17, 15) is 23.6 Å². The number of nitrogens with zero attached hydrogens (tertiary/aromatic N) is 1. The average molecular weight is 365 g/mol. The van der Waals surface area contributed by atoms with Gasteiger partial charge in [0.15, 0.2) is 0 Å². The number of hydrogen-bond acceptors (Lipinski definition) is 6. The first-order valence-corrected chi connectivity index (χ1v) is 8.80. The van der Waals surface area contributed by atoms with Gasteiger partial charge < -0.3 is 5.73 Å². The Hall–Kier alpha value is -2.26. The van der Waals surface area contributed by atoms with Gasteiger partial charge in [-0.05, 0) is 37.3 Å². The molecule has 2 heterocycles. The lowest BCUT2D eigenvalue weighted by molar-refractivity contribution is -0.136. The number of fused-ring (bicyclic) bond motifs is 1. The number of imide groups is 2. The Morgan fingerprint density at radius 3 is 2.52 bits per heavy atom. The Balaban J connectivity index is 1.88. The van der Waals surface area contributed by atoms with Crippen molar-refractivity contribution in [1.82, 2.24) is 10.2 Å². The number of rotatable bonds is 5. The lowest BCUT2D eigenvalue weighted by atomic mass is 10.0. The second-order valence-corrected chi connectivity index (χ2v) is 6.90. The molecule has 1 fully saturated rings. The van der Waals surface area contributed by atoms with E-state index in [1.54, 1.807) is 0 Å². The maximum atomic E-state index is 14.2. The second-order valence-electron chi connectivity index (χ2n) is 5.77. The molecular formula is C16H16FN3O4S. The molecular weight excluding hydrogens is 349 g/mol. The molecule has 2 aliphatic heterocycles. The molecule has 7 nitrogen and oxygen atoms in total. The maximum Gasteiger partial charge on any atom is 0.262 e. The number of carbonyl (C=O) groups excluding carboxylic acids is 4. The van der Waals surface area contributed by atoms with Crippen LogP contribution in [0.2, 0.25) is 0 Å². The number of nitrogens with two attached hydrogens (primary N) is 1. The summed E-state index contributed by atoms with van der Waals surface area (Å²) < 4.78 is 14.2. The third-order valence-electron chi connectivity index (χ3n) is 4.10. The first-order chi connectivity index (χ1) is 11.9. The SMILES string of the molecule is NCCCSc1cc2c(cc1F)C(=O)N(C1CCC(=O)NC1=O)C2=O. The molecule has 0 radical (unpaired) electrons. The van der Waals surface area contributed by atoms with Crippen LogP contribution in [0.25, 0.3) is 0 Å². The summed E-state index contributed by atoms with van der Waals surface area (Å²) in [5.74, 6) is -2.49. The van der Waals surface area contributed by atoms with Crippen molar-refractivity contribution < 1.29 is 23.6 Å². The molecule has 1 saturated heterocycles. The highest BCUT2D eigenvalue weighted by atomic mass is 32.2. The van der Waals surface area contributed by atoms with Crippen molar-refractivity contribution in [2.75, 3.05) is 12.3 Å². The summed E-state index contributed by atoms with van der Waals surface area (Å²) >= 11 is 1.22. The van der Waals surface area contributed by atoms with Crippen LogP contribution >= 0.6 is 11.8 Å². The smallest absolute Gasteiger partial charge is 0.262 e. The van der Waals surface area contributed by atoms with E-state index in [-0.39, 0.29) is 28.9 Å². The average Bonchev–Trinajstić information content (AvgIpc) is 2.79. The number of benzene rings is 1. The van der Waals surface area contributed by atoms with Crippen LogP contribution in [0.1, 0.15) is 40.0 Å². The quantitative estimate of drug-likeness (QED) is 0.451. The van der Waals surface area contributed by atoms with Crippen molar-refractivity contribution in [2.45, 2.75) is 30.2 Å². The summed E-state index contributed by atoms with van der Waals surface area (Å²) in [5, 5.41) is 2.12. The largest absolute Gasteiger partial charge is 0.330 e. The molecule has 0 bridgehead atoms. The van der Waals surface area contributed by atoms with Gasteiger partial charge in [-0.3, -0.25) is 29.4 Å². The Kier molecular flexibility index (Phi) is 4.87. The molecule has 0 aromatic heterocycles. The van der Waals surface area contributed by atoms with Gasteiger partial charge in [0.1, 0.15) is 11.9 Å². The molecule has 0 saturated carbocycles. The molecule has 1 unspecified atom stereocenters. The van der Waals surface area contributed by atoms with E-state index < -0.39 is 35.5 Å². The van der Waals surface area contributed by atoms with Gasteiger partial charge in [-0.1, -0.05) is 0 Å². The van der Waals surface area contributed by atoms with Gasteiger partial charge in [-0.25, -0.2) is 4.39 Å². The number of carbonyl (C=O) groups is 4. The minimum absolute atomic E-state index is 0.0400. The summed E-state index contributed by atoms with van der Waals surface area (Å²) in [6, 6.07) is 1.33. The molecule has 0 spiro atoms. The van der Waals surface area contributed by atoms with Gasteiger partial charge >= 0.3 is 0 Å². The summed E-state index contributed by atoms with van der Waals surface area (Å²) in [6.45, 7) is 0.472. The Morgan fingerprint density at radius 2 is 1.88 bits per heavy atom. The Morgan fingerprint density at radius 1 is 1.20 bits per heavy atom. The van der Waals surface area contributed by atoms with E-state index in [4.69, 9.17) is 5.73 Å². The van der Waals surface area contributed by atoms with Crippen molar-refractivity contribution in [1.29, 1.82) is 0 Å². The van der Waals surface area contributed by atoms with Gasteiger partial charge in [0, 0.05) is 11.3 Å². The van der Waals surface area contributed by atoms with Gasteiger partial charge in [-0.2, -0.15) is 0 Å². The first kappa shape index (κ1) is 17.6. The lowest BCUT2D eigenvalue weighted by Crippen LogP contribution is -2.54. The molecule has 1 aromatic rings. The highest BCUT2D eigenvalue weighted by Gasteiger charge is 2.45. The number of nitrogens with one attached hydrogen (secondary N) is 1. The fourth-order valence-corrected chi connectivity index (χ4v) is 3.78. The molecule has 3 N–H and O–H groups in total. The summed E-state index contributed by atoms with van der Waals surface area (Å²) in [6.07, 6.45) is 0.797. The highest BCUT2D eigenvalue weighted by Crippen LogP contribution is 2.32. The van der Waals surface area contributed by atoms with E-state index in [1.165, 1.54) is 17.8 Å². The van der Waals surface area contributed by atoms with Crippen LogP contribution < -0.4 is 11.1 Å². The zero-order chi connectivity index (χ0) is 18.1. The number of halogens is 1. The van der Waals surface area contributed by atoms with Crippen LogP contribution in [0.15, 0.2) is 17.0 Å².